The van der Waals surface area contributed by atoms with E-state index in [1.165, 1.54) is 63.7 Å². The fourth-order valence-electron chi connectivity index (χ4n) is 4.00. The number of rotatable bonds is 6. The first kappa shape index (κ1) is 17.8. The average molecular weight is 348 g/mol. The van der Waals surface area contributed by atoms with Crippen LogP contribution < -0.4 is 0 Å². The molecule has 3 nitrogen and oxygen atoms in total. The summed E-state index contributed by atoms with van der Waals surface area (Å²) >= 11 is 1.83. The van der Waals surface area contributed by atoms with Gasteiger partial charge in [0.05, 0.1) is 5.56 Å². The Kier molecular flexibility index (Phi) is 6.23. The number of unbranched alkanes of at least 4 members (excludes halogenated alkanes) is 1. The first-order valence-electron chi connectivity index (χ1n) is 9.41. The maximum atomic E-state index is 11.5. The number of carboxylic acids is 1. The molecule has 0 aliphatic carbocycles. The molecule has 0 aromatic heterocycles. The van der Waals surface area contributed by atoms with Crippen LogP contribution in [0.25, 0.3) is 0 Å². The number of hydrogen-bond donors (Lipinski definition) is 1. The van der Waals surface area contributed by atoms with Gasteiger partial charge in [-0.05, 0) is 75.7 Å². The van der Waals surface area contributed by atoms with Gasteiger partial charge in [-0.3, -0.25) is 0 Å². The lowest BCUT2D eigenvalue weighted by Crippen LogP contribution is -2.35. The summed E-state index contributed by atoms with van der Waals surface area (Å²) in [5.41, 5.74) is 1.72. The Balaban J connectivity index is 1.54. The Morgan fingerprint density at radius 1 is 1.29 bits per heavy atom. The van der Waals surface area contributed by atoms with Crippen molar-refractivity contribution in [1.82, 2.24) is 4.90 Å². The van der Waals surface area contributed by atoms with Gasteiger partial charge >= 0.3 is 5.97 Å². The van der Waals surface area contributed by atoms with E-state index < -0.39 is 5.97 Å². The molecule has 0 amide bonds. The molecule has 1 N–H and O–H groups in total. The van der Waals surface area contributed by atoms with Gasteiger partial charge in [0.1, 0.15) is 0 Å². The summed E-state index contributed by atoms with van der Waals surface area (Å²) < 4.78 is 0. The van der Waals surface area contributed by atoms with E-state index in [-0.39, 0.29) is 0 Å². The fraction of sp³-hybridized carbons (Fsp3) is 0.650. The number of thioether (sulfide) groups is 1. The monoisotopic (exact) mass is 347 g/mol. The molecule has 1 unspecified atom stereocenters. The molecule has 3 rings (SSSR count). The first-order valence-corrected chi connectivity index (χ1v) is 10.3. The lowest BCUT2D eigenvalue weighted by atomic mass is 9.90. The largest absolute Gasteiger partial charge is 0.478 e. The zero-order valence-electron chi connectivity index (χ0n) is 14.7. The molecule has 1 aromatic carbocycles. The summed E-state index contributed by atoms with van der Waals surface area (Å²) in [5, 5.41) is 10.0. The van der Waals surface area contributed by atoms with Crippen molar-refractivity contribution in [3.8, 4) is 0 Å². The number of benzene rings is 1. The number of aromatic carboxylic acids is 1. The van der Waals surface area contributed by atoms with Crippen LogP contribution in [0.3, 0.4) is 0 Å². The molecule has 1 saturated heterocycles. The van der Waals surface area contributed by atoms with E-state index in [0.717, 1.165) is 17.2 Å². The van der Waals surface area contributed by atoms with Gasteiger partial charge in [-0.25, -0.2) is 4.79 Å². The topological polar surface area (TPSA) is 40.5 Å². The molecule has 0 saturated carbocycles. The number of carbonyl (C=O) groups is 1. The SMILES string of the molecule is CCCCN1CCC(CC2CCc3cccc(C(=O)O)c3S2)CC1. The number of piperidine rings is 1. The van der Waals surface area contributed by atoms with Crippen LogP contribution in [0, 0.1) is 5.92 Å². The molecule has 0 bridgehead atoms. The quantitative estimate of drug-likeness (QED) is 0.810. The summed E-state index contributed by atoms with van der Waals surface area (Å²) in [7, 11) is 0. The van der Waals surface area contributed by atoms with E-state index in [0.29, 0.717) is 10.8 Å². The van der Waals surface area contributed by atoms with Gasteiger partial charge in [-0.2, -0.15) is 0 Å². The highest BCUT2D eigenvalue weighted by Crippen LogP contribution is 2.41. The summed E-state index contributed by atoms with van der Waals surface area (Å²) in [6.07, 6.45) is 8.70. The van der Waals surface area contributed by atoms with E-state index in [1.807, 2.05) is 17.8 Å². The highest BCUT2D eigenvalue weighted by molar-refractivity contribution is 8.00. The Bertz CT molecular complexity index is 567. The van der Waals surface area contributed by atoms with Gasteiger partial charge in [0.25, 0.3) is 0 Å². The number of likely N-dealkylation sites (tertiary alicyclic amines) is 1. The Morgan fingerprint density at radius 3 is 2.79 bits per heavy atom. The van der Waals surface area contributed by atoms with Crippen molar-refractivity contribution < 1.29 is 9.90 Å². The minimum absolute atomic E-state index is 0.497. The molecular weight excluding hydrogens is 318 g/mol. The highest BCUT2D eigenvalue weighted by atomic mass is 32.2. The van der Waals surface area contributed by atoms with Crippen molar-refractivity contribution in [2.24, 2.45) is 5.92 Å². The van der Waals surface area contributed by atoms with Gasteiger partial charge in [0.15, 0.2) is 0 Å². The molecule has 132 valence electrons. The smallest absolute Gasteiger partial charge is 0.336 e. The van der Waals surface area contributed by atoms with Crippen LogP contribution in [0.5, 0.6) is 0 Å². The minimum Gasteiger partial charge on any atom is -0.478 e. The Labute approximate surface area is 149 Å². The molecule has 24 heavy (non-hydrogen) atoms. The molecule has 2 aliphatic rings. The number of hydrogen-bond acceptors (Lipinski definition) is 3. The van der Waals surface area contributed by atoms with Crippen LogP contribution >= 0.6 is 11.8 Å². The number of fused-ring (bicyclic) bond motifs is 1. The second-order valence-corrected chi connectivity index (χ2v) is 8.56. The van der Waals surface area contributed by atoms with Crippen LogP contribution in [0.4, 0.5) is 0 Å². The molecule has 1 atom stereocenters. The molecule has 2 heterocycles. The van der Waals surface area contributed by atoms with E-state index in [9.17, 15) is 9.90 Å². The molecule has 0 spiro atoms. The first-order chi connectivity index (χ1) is 11.7. The zero-order valence-corrected chi connectivity index (χ0v) is 15.5. The van der Waals surface area contributed by atoms with Crippen LogP contribution in [-0.4, -0.2) is 40.9 Å². The van der Waals surface area contributed by atoms with Crippen LogP contribution in [0.1, 0.15) is 61.4 Å². The lowest BCUT2D eigenvalue weighted by Gasteiger charge is -2.34. The molecule has 1 aromatic rings. The summed E-state index contributed by atoms with van der Waals surface area (Å²) in [4.78, 5) is 15.1. The fourth-order valence-corrected chi connectivity index (χ4v) is 5.54. The Morgan fingerprint density at radius 2 is 2.08 bits per heavy atom. The number of carboxylic acid groups (broad SMARTS) is 1. The second-order valence-electron chi connectivity index (χ2n) is 7.25. The number of aryl methyl sites for hydroxylation is 1. The predicted molar refractivity (Wildman–Crippen MR) is 100 cm³/mol. The van der Waals surface area contributed by atoms with Crippen LogP contribution in [0.15, 0.2) is 23.1 Å². The highest BCUT2D eigenvalue weighted by Gasteiger charge is 2.27. The average Bonchev–Trinajstić information content (AvgIpc) is 2.60. The predicted octanol–water partition coefficient (Wildman–Crippen LogP) is 4.69. The summed E-state index contributed by atoms with van der Waals surface area (Å²) in [6.45, 7) is 6.02. The minimum atomic E-state index is -0.788. The second kappa shape index (κ2) is 8.39. The van der Waals surface area contributed by atoms with Crippen molar-refractivity contribution in [2.45, 2.75) is 62.0 Å². The van der Waals surface area contributed by atoms with Gasteiger partial charge in [-0.15, -0.1) is 11.8 Å². The van der Waals surface area contributed by atoms with Gasteiger partial charge < -0.3 is 10.0 Å². The standard InChI is InChI=1S/C20H29NO2S/c1-2-3-11-21-12-9-15(10-13-21)14-17-8-7-16-5-4-6-18(20(22)23)19(16)24-17/h4-6,15,17H,2-3,7-14H2,1H3,(H,22,23). The zero-order chi connectivity index (χ0) is 16.9. The van der Waals surface area contributed by atoms with Crippen LogP contribution in [-0.2, 0) is 6.42 Å². The van der Waals surface area contributed by atoms with E-state index in [1.54, 1.807) is 6.07 Å². The molecule has 2 aliphatic heterocycles. The van der Waals surface area contributed by atoms with E-state index >= 15 is 0 Å². The third-order valence-corrected chi connectivity index (χ3v) is 6.96. The van der Waals surface area contributed by atoms with Crippen LogP contribution in [0.2, 0.25) is 0 Å². The summed E-state index contributed by atoms with van der Waals surface area (Å²) in [6, 6.07) is 5.73. The van der Waals surface area contributed by atoms with Gasteiger partial charge in [0, 0.05) is 10.1 Å². The number of nitrogens with zero attached hydrogens (tertiary/aromatic N) is 1. The third-order valence-electron chi connectivity index (χ3n) is 5.48. The normalized spacial score (nSPS) is 22.3. The maximum Gasteiger partial charge on any atom is 0.336 e. The van der Waals surface area contributed by atoms with Crippen molar-refractivity contribution in [1.29, 1.82) is 0 Å². The van der Waals surface area contributed by atoms with Crippen molar-refractivity contribution in [2.75, 3.05) is 19.6 Å². The third kappa shape index (κ3) is 4.34. The van der Waals surface area contributed by atoms with Gasteiger partial charge in [-0.1, -0.05) is 25.5 Å². The van der Waals surface area contributed by atoms with Gasteiger partial charge in [0.2, 0.25) is 0 Å². The maximum absolute atomic E-state index is 11.5. The molecule has 1 fully saturated rings. The molecule has 4 heteroatoms. The summed E-state index contributed by atoms with van der Waals surface area (Å²) in [5.74, 6) is 0.0307. The van der Waals surface area contributed by atoms with Crippen molar-refractivity contribution in [3.63, 3.8) is 0 Å². The van der Waals surface area contributed by atoms with Crippen molar-refractivity contribution >= 4 is 17.7 Å². The van der Waals surface area contributed by atoms with E-state index in [4.69, 9.17) is 0 Å². The van der Waals surface area contributed by atoms with E-state index in [2.05, 4.69) is 17.9 Å². The Hall–Kier alpha value is -1.00. The molecular formula is C20H29NO2S. The van der Waals surface area contributed by atoms with Crippen molar-refractivity contribution in [3.05, 3.63) is 29.3 Å². The molecule has 0 radical (unpaired) electrons. The lowest BCUT2D eigenvalue weighted by molar-refractivity contribution is 0.0693.